The number of ether oxygens (including phenoxy) is 1. The Morgan fingerprint density at radius 3 is 2.70 bits per heavy atom. The first-order valence-corrected chi connectivity index (χ1v) is 10.9. The number of carbonyl (C=O) groups is 2. The zero-order valence-corrected chi connectivity index (χ0v) is 19.2. The number of aromatic amines is 1. The fourth-order valence-corrected chi connectivity index (χ4v) is 3.48. The number of carbonyl (C=O) groups excluding carboxylic acids is 2. The Labute approximate surface area is 194 Å². The van der Waals surface area contributed by atoms with Gasteiger partial charge in [0.2, 0.25) is 5.91 Å². The van der Waals surface area contributed by atoms with Crippen molar-refractivity contribution in [2.45, 2.75) is 19.9 Å². The van der Waals surface area contributed by atoms with Crippen LogP contribution in [0.5, 0.6) is 5.75 Å². The van der Waals surface area contributed by atoms with Crippen molar-refractivity contribution < 1.29 is 14.3 Å². The number of nitrogens with zero attached hydrogens (tertiary/aromatic N) is 2. The summed E-state index contributed by atoms with van der Waals surface area (Å²) in [6.45, 7) is 4.58. The van der Waals surface area contributed by atoms with Gasteiger partial charge in [-0.3, -0.25) is 14.6 Å². The summed E-state index contributed by atoms with van der Waals surface area (Å²) in [4.78, 5) is 34.7. The highest BCUT2D eigenvalue weighted by Crippen LogP contribution is 2.20. The van der Waals surface area contributed by atoms with Gasteiger partial charge in [-0.1, -0.05) is 42.5 Å². The van der Waals surface area contributed by atoms with Crippen molar-refractivity contribution in [2.24, 2.45) is 4.99 Å². The van der Waals surface area contributed by atoms with Crippen LogP contribution in [-0.2, 0) is 4.79 Å². The van der Waals surface area contributed by atoms with Crippen molar-refractivity contribution in [1.82, 2.24) is 15.2 Å². The zero-order valence-electron chi connectivity index (χ0n) is 19.2. The molecule has 1 unspecified atom stereocenters. The Hall–Kier alpha value is -3.87. The number of allylic oxidation sites excluding steroid dienone is 1. The molecule has 2 aromatic carbocycles. The van der Waals surface area contributed by atoms with Gasteiger partial charge in [0.15, 0.2) is 0 Å². The maximum absolute atomic E-state index is 13.2. The Morgan fingerprint density at radius 2 is 1.94 bits per heavy atom. The van der Waals surface area contributed by atoms with E-state index in [4.69, 9.17) is 4.74 Å². The maximum Gasteiger partial charge on any atom is 0.258 e. The van der Waals surface area contributed by atoms with Crippen molar-refractivity contribution >= 4 is 28.9 Å². The molecule has 0 fully saturated rings. The van der Waals surface area contributed by atoms with Crippen LogP contribution >= 0.6 is 0 Å². The summed E-state index contributed by atoms with van der Waals surface area (Å²) < 4.78 is 5.35. The molecule has 0 saturated carbocycles. The molecule has 0 saturated heterocycles. The first-order chi connectivity index (χ1) is 16.0. The lowest BCUT2D eigenvalue weighted by molar-refractivity contribution is -0.119. The number of para-hydroxylation sites is 2. The number of methoxy groups -OCH3 is 1. The molecule has 3 rings (SSSR count). The number of hydrogen-bond acceptors (Lipinski definition) is 4. The summed E-state index contributed by atoms with van der Waals surface area (Å²) >= 11 is 0. The van der Waals surface area contributed by atoms with Crippen LogP contribution in [0.3, 0.4) is 0 Å². The zero-order chi connectivity index (χ0) is 23.6. The molecule has 0 bridgehead atoms. The maximum atomic E-state index is 13.2. The summed E-state index contributed by atoms with van der Waals surface area (Å²) in [5, 5.41) is 3.97. The first kappa shape index (κ1) is 23.8. The van der Waals surface area contributed by atoms with Crippen LogP contribution in [0.4, 0.5) is 0 Å². The molecule has 0 aliphatic rings. The van der Waals surface area contributed by atoms with Gasteiger partial charge >= 0.3 is 0 Å². The molecule has 7 heteroatoms. The molecular weight excluding hydrogens is 416 g/mol. The Bertz CT molecular complexity index is 1120. The van der Waals surface area contributed by atoms with Gasteiger partial charge in [0.1, 0.15) is 12.3 Å². The number of hydrogen-bond donors (Lipinski definition) is 2. The third kappa shape index (κ3) is 6.32. The number of aliphatic imine (C=N–C) groups is 1. The van der Waals surface area contributed by atoms with Crippen LogP contribution in [0.15, 0.2) is 71.7 Å². The highest BCUT2D eigenvalue weighted by Gasteiger charge is 2.23. The van der Waals surface area contributed by atoms with Gasteiger partial charge in [0, 0.05) is 36.2 Å². The molecule has 172 valence electrons. The van der Waals surface area contributed by atoms with E-state index in [1.165, 1.54) is 0 Å². The molecule has 0 aliphatic heterocycles. The molecule has 0 aliphatic carbocycles. The SMILES string of the molecule is CC=CCN(C(=O)c1ccccc1OC)C(C)CNC(=O)CN=Cc1cc2ccccc2[nH]1. The molecule has 3 aromatic rings. The number of aromatic nitrogens is 1. The van der Waals surface area contributed by atoms with E-state index in [1.807, 2.05) is 62.4 Å². The van der Waals surface area contributed by atoms with E-state index in [1.54, 1.807) is 36.4 Å². The van der Waals surface area contributed by atoms with Crippen LogP contribution in [0.2, 0.25) is 0 Å². The molecule has 2 N–H and O–H groups in total. The van der Waals surface area contributed by atoms with Crippen molar-refractivity contribution in [3.05, 3.63) is 78.0 Å². The highest BCUT2D eigenvalue weighted by atomic mass is 16.5. The summed E-state index contributed by atoms with van der Waals surface area (Å²) in [6, 6.07) is 16.9. The fourth-order valence-electron chi connectivity index (χ4n) is 3.48. The monoisotopic (exact) mass is 446 g/mol. The van der Waals surface area contributed by atoms with Crippen LogP contribution < -0.4 is 10.1 Å². The lowest BCUT2D eigenvalue weighted by atomic mass is 10.1. The second kappa shape index (κ2) is 11.7. The predicted octanol–water partition coefficient (Wildman–Crippen LogP) is 3.82. The summed E-state index contributed by atoms with van der Waals surface area (Å²) in [6.07, 6.45) is 5.47. The summed E-state index contributed by atoms with van der Waals surface area (Å²) in [5.74, 6) is 0.171. The lowest BCUT2D eigenvalue weighted by Gasteiger charge is -2.29. The molecule has 7 nitrogen and oxygen atoms in total. The van der Waals surface area contributed by atoms with Gasteiger partial charge in [-0.2, -0.15) is 0 Å². The second-order valence-electron chi connectivity index (χ2n) is 7.66. The van der Waals surface area contributed by atoms with Gasteiger partial charge < -0.3 is 19.9 Å². The van der Waals surface area contributed by atoms with Gasteiger partial charge in [-0.05, 0) is 38.1 Å². The minimum absolute atomic E-state index is 0.0113. The Kier molecular flexibility index (Phi) is 8.41. The quantitative estimate of drug-likeness (QED) is 0.367. The van der Waals surface area contributed by atoms with E-state index in [0.717, 1.165) is 16.6 Å². The number of rotatable bonds is 10. The largest absolute Gasteiger partial charge is 0.496 e. The van der Waals surface area contributed by atoms with Crippen molar-refractivity contribution in [3.63, 3.8) is 0 Å². The Morgan fingerprint density at radius 1 is 1.18 bits per heavy atom. The van der Waals surface area contributed by atoms with Gasteiger partial charge in [0.25, 0.3) is 5.91 Å². The van der Waals surface area contributed by atoms with E-state index < -0.39 is 0 Å². The second-order valence-corrected chi connectivity index (χ2v) is 7.66. The third-order valence-corrected chi connectivity index (χ3v) is 5.28. The smallest absolute Gasteiger partial charge is 0.258 e. The molecule has 1 aromatic heterocycles. The van der Waals surface area contributed by atoms with Crippen LogP contribution in [-0.4, -0.2) is 60.7 Å². The van der Waals surface area contributed by atoms with E-state index in [-0.39, 0.29) is 24.4 Å². The van der Waals surface area contributed by atoms with E-state index in [2.05, 4.69) is 15.3 Å². The molecule has 33 heavy (non-hydrogen) atoms. The number of benzene rings is 2. The van der Waals surface area contributed by atoms with Crippen LogP contribution in [0.1, 0.15) is 29.9 Å². The number of H-pyrrole nitrogens is 1. The van der Waals surface area contributed by atoms with Crippen molar-refractivity contribution in [2.75, 3.05) is 26.7 Å². The number of fused-ring (bicyclic) bond motifs is 1. The normalized spacial score (nSPS) is 12.3. The molecule has 0 radical (unpaired) electrons. The minimum atomic E-state index is -0.222. The van der Waals surface area contributed by atoms with Crippen molar-refractivity contribution in [1.29, 1.82) is 0 Å². The number of amides is 2. The summed E-state index contributed by atoms with van der Waals surface area (Å²) in [7, 11) is 1.54. The standard InChI is InChI=1S/C26H30N4O3/c1-4-5-14-30(26(32)22-11-7-9-13-24(22)33-3)19(2)16-28-25(31)18-27-17-21-15-20-10-6-8-12-23(20)29-21/h4-13,15,17,19,29H,14,16,18H2,1-3H3,(H,28,31). The van der Waals surface area contributed by atoms with Gasteiger partial charge in [-0.25, -0.2) is 0 Å². The van der Waals surface area contributed by atoms with Crippen LogP contribution in [0.25, 0.3) is 10.9 Å². The third-order valence-electron chi connectivity index (χ3n) is 5.28. The lowest BCUT2D eigenvalue weighted by Crippen LogP contribution is -2.46. The highest BCUT2D eigenvalue weighted by molar-refractivity contribution is 5.97. The van der Waals surface area contributed by atoms with E-state index in [9.17, 15) is 9.59 Å². The molecule has 1 atom stereocenters. The Balaban J connectivity index is 1.58. The average molecular weight is 447 g/mol. The fraction of sp³-hybridized carbons (Fsp3) is 0.269. The van der Waals surface area contributed by atoms with Gasteiger partial charge in [-0.15, -0.1) is 0 Å². The van der Waals surface area contributed by atoms with Crippen molar-refractivity contribution in [3.8, 4) is 5.75 Å². The summed E-state index contributed by atoms with van der Waals surface area (Å²) in [5.41, 5.74) is 2.36. The molecular formula is C26H30N4O3. The van der Waals surface area contributed by atoms with E-state index >= 15 is 0 Å². The molecule has 2 amide bonds. The van der Waals surface area contributed by atoms with Crippen LogP contribution in [0, 0.1) is 0 Å². The predicted molar refractivity (Wildman–Crippen MR) is 132 cm³/mol. The number of nitrogens with one attached hydrogen (secondary N) is 2. The minimum Gasteiger partial charge on any atom is -0.496 e. The van der Waals surface area contributed by atoms with E-state index in [0.29, 0.717) is 24.4 Å². The topological polar surface area (TPSA) is 86.8 Å². The average Bonchev–Trinajstić information content (AvgIpc) is 3.25. The molecule has 0 spiro atoms. The first-order valence-electron chi connectivity index (χ1n) is 10.9. The molecule has 1 heterocycles. The van der Waals surface area contributed by atoms with Gasteiger partial charge in [0.05, 0.1) is 18.4 Å².